The highest BCUT2D eigenvalue weighted by Gasteiger charge is 2.29. The number of carbonyl (C=O) groups excluding carboxylic acids is 1. The fourth-order valence-corrected chi connectivity index (χ4v) is 2.55. The van der Waals surface area contributed by atoms with E-state index in [1.807, 2.05) is 0 Å². The molecule has 0 aliphatic heterocycles. The van der Waals surface area contributed by atoms with Gasteiger partial charge in [0.1, 0.15) is 5.78 Å². The summed E-state index contributed by atoms with van der Waals surface area (Å²) >= 11 is 0. The topological polar surface area (TPSA) is 17.1 Å². The number of carbonyl (C=O) groups is 1. The number of ketones is 1. The molecule has 0 aromatic heterocycles. The minimum Gasteiger partial charge on any atom is -0.300 e. The molecule has 2 aliphatic rings. The number of allylic oxidation sites excluding steroid dienone is 2. The van der Waals surface area contributed by atoms with E-state index in [1.54, 1.807) is 12.5 Å². The third-order valence-electron chi connectivity index (χ3n) is 3.35. The van der Waals surface area contributed by atoms with Crippen molar-refractivity contribution in [3.63, 3.8) is 0 Å². The third kappa shape index (κ3) is 1.33. The van der Waals surface area contributed by atoms with Crippen molar-refractivity contribution < 1.29 is 4.79 Å². The molecule has 1 fully saturated rings. The fourth-order valence-electron chi connectivity index (χ4n) is 2.55. The highest BCUT2D eigenvalue weighted by Crippen LogP contribution is 2.40. The van der Waals surface area contributed by atoms with Gasteiger partial charge in [-0.3, -0.25) is 4.79 Å². The van der Waals surface area contributed by atoms with Gasteiger partial charge in [-0.15, -0.1) is 0 Å². The molecular weight excluding hydrogens is 148 g/mol. The molecule has 0 aromatic rings. The Kier molecular flexibility index (Phi) is 2.03. The summed E-state index contributed by atoms with van der Waals surface area (Å²) in [6.07, 6.45) is 8.46. The van der Waals surface area contributed by atoms with Gasteiger partial charge in [0, 0.05) is 5.92 Å². The highest BCUT2D eigenvalue weighted by atomic mass is 16.1. The van der Waals surface area contributed by atoms with E-state index in [4.69, 9.17) is 0 Å². The first-order chi connectivity index (χ1) is 5.77. The molecule has 12 heavy (non-hydrogen) atoms. The molecule has 1 nitrogen and oxygen atoms in total. The van der Waals surface area contributed by atoms with Crippen LogP contribution in [0.4, 0.5) is 0 Å². The molecule has 0 spiro atoms. The van der Waals surface area contributed by atoms with E-state index < -0.39 is 0 Å². The van der Waals surface area contributed by atoms with Crippen LogP contribution in [0.15, 0.2) is 11.6 Å². The van der Waals surface area contributed by atoms with Gasteiger partial charge in [0.15, 0.2) is 0 Å². The molecular formula is C11H16O. The lowest BCUT2D eigenvalue weighted by molar-refractivity contribution is -0.121. The van der Waals surface area contributed by atoms with Gasteiger partial charge in [-0.05, 0) is 44.9 Å². The summed E-state index contributed by atoms with van der Waals surface area (Å²) in [4.78, 5) is 11.2. The Morgan fingerprint density at radius 3 is 3.17 bits per heavy atom. The van der Waals surface area contributed by atoms with Crippen molar-refractivity contribution >= 4 is 5.78 Å². The molecule has 1 heteroatoms. The molecule has 2 aliphatic carbocycles. The van der Waals surface area contributed by atoms with Crippen LogP contribution in [0.2, 0.25) is 0 Å². The Balaban J connectivity index is 2.08. The van der Waals surface area contributed by atoms with Crippen LogP contribution in [0.3, 0.4) is 0 Å². The lowest BCUT2D eigenvalue weighted by atomic mass is 9.81. The number of fused-ring (bicyclic) bond motifs is 1. The SMILES string of the molecule is CC(=O)[C@H]1CC=C2CCC[C@@H]2C1. The minimum absolute atomic E-state index is 0.344. The molecule has 66 valence electrons. The van der Waals surface area contributed by atoms with E-state index in [0.29, 0.717) is 11.7 Å². The second-order valence-electron chi connectivity index (χ2n) is 4.15. The molecule has 0 heterocycles. The van der Waals surface area contributed by atoms with Crippen LogP contribution in [0.1, 0.15) is 39.0 Å². The van der Waals surface area contributed by atoms with E-state index in [-0.39, 0.29) is 0 Å². The van der Waals surface area contributed by atoms with Gasteiger partial charge in [-0.2, -0.15) is 0 Å². The lowest BCUT2D eigenvalue weighted by Gasteiger charge is -2.23. The van der Waals surface area contributed by atoms with Crippen molar-refractivity contribution in [2.45, 2.75) is 39.0 Å². The zero-order valence-corrected chi connectivity index (χ0v) is 7.68. The quantitative estimate of drug-likeness (QED) is 0.544. The Hall–Kier alpha value is -0.590. The van der Waals surface area contributed by atoms with E-state index in [0.717, 1.165) is 18.8 Å². The normalized spacial score (nSPS) is 34.2. The lowest BCUT2D eigenvalue weighted by Crippen LogP contribution is -2.18. The van der Waals surface area contributed by atoms with Crippen molar-refractivity contribution in [1.82, 2.24) is 0 Å². The number of rotatable bonds is 1. The van der Waals surface area contributed by atoms with E-state index in [1.165, 1.54) is 19.3 Å². The van der Waals surface area contributed by atoms with Crippen LogP contribution in [-0.2, 0) is 4.79 Å². The van der Waals surface area contributed by atoms with Gasteiger partial charge >= 0.3 is 0 Å². The average molecular weight is 164 g/mol. The van der Waals surface area contributed by atoms with Gasteiger partial charge < -0.3 is 0 Å². The molecule has 2 atom stereocenters. The molecule has 0 radical (unpaired) electrons. The van der Waals surface area contributed by atoms with Crippen molar-refractivity contribution in [3.05, 3.63) is 11.6 Å². The van der Waals surface area contributed by atoms with Crippen LogP contribution in [0.5, 0.6) is 0 Å². The van der Waals surface area contributed by atoms with Crippen LogP contribution in [0, 0.1) is 11.8 Å². The highest BCUT2D eigenvalue weighted by molar-refractivity contribution is 5.78. The number of Topliss-reactive ketones (excluding diaryl/α,β-unsaturated/α-hetero) is 1. The summed E-state index contributed by atoms with van der Waals surface area (Å²) in [7, 11) is 0. The Bertz CT molecular complexity index is 227. The maximum atomic E-state index is 11.2. The maximum absolute atomic E-state index is 11.2. The largest absolute Gasteiger partial charge is 0.300 e. The first-order valence-electron chi connectivity index (χ1n) is 4.96. The molecule has 0 N–H and O–H groups in total. The van der Waals surface area contributed by atoms with Crippen molar-refractivity contribution in [3.8, 4) is 0 Å². The van der Waals surface area contributed by atoms with Crippen molar-refractivity contribution in [1.29, 1.82) is 0 Å². The zero-order valence-electron chi connectivity index (χ0n) is 7.68. The van der Waals surface area contributed by atoms with Crippen LogP contribution in [0.25, 0.3) is 0 Å². The minimum atomic E-state index is 0.344. The fraction of sp³-hybridized carbons (Fsp3) is 0.727. The second-order valence-corrected chi connectivity index (χ2v) is 4.15. The Morgan fingerprint density at radius 1 is 1.58 bits per heavy atom. The van der Waals surface area contributed by atoms with E-state index in [2.05, 4.69) is 6.08 Å². The Labute approximate surface area is 73.8 Å². The summed E-state index contributed by atoms with van der Waals surface area (Å²) < 4.78 is 0. The molecule has 0 saturated heterocycles. The molecule has 0 unspecified atom stereocenters. The summed E-state index contributed by atoms with van der Waals surface area (Å²) in [6, 6.07) is 0. The van der Waals surface area contributed by atoms with Crippen LogP contribution >= 0.6 is 0 Å². The molecule has 2 rings (SSSR count). The standard InChI is InChI=1S/C11H16O/c1-8(12)10-6-5-9-3-2-4-11(9)7-10/h5,10-11H,2-4,6-7H2,1H3/t10-,11+/m0/s1. The summed E-state index contributed by atoms with van der Waals surface area (Å²) in [6.45, 7) is 1.73. The zero-order chi connectivity index (χ0) is 8.55. The van der Waals surface area contributed by atoms with Gasteiger partial charge in [0.25, 0.3) is 0 Å². The Morgan fingerprint density at radius 2 is 2.42 bits per heavy atom. The van der Waals surface area contributed by atoms with E-state index >= 15 is 0 Å². The third-order valence-corrected chi connectivity index (χ3v) is 3.35. The predicted octanol–water partition coefficient (Wildman–Crippen LogP) is 2.71. The van der Waals surface area contributed by atoms with Crippen LogP contribution in [-0.4, -0.2) is 5.78 Å². The van der Waals surface area contributed by atoms with Gasteiger partial charge in [-0.1, -0.05) is 11.6 Å². The van der Waals surface area contributed by atoms with Gasteiger partial charge in [-0.25, -0.2) is 0 Å². The average Bonchev–Trinajstić information content (AvgIpc) is 2.49. The number of hydrogen-bond donors (Lipinski definition) is 0. The number of hydrogen-bond acceptors (Lipinski definition) is 1. The van der Waals surface area contributed by atoms with Crippen LogP contribution < -0.4 is 0 Å². The first-order valence-corrected chi connectivity index (χ1v) is 4.96. The van der Waals surface area contributed by atoms with Gasteiger partial charge in [0.2, 0.25) is 0 Å². The van der Waals surface area contributed by atoms with Crippen molar-refractivity contribution in [2.24, 2.45) is 11.8 Å². The summed E-state index contributed by atoms with van der Waals surface area (Å²) in [5, 5.41) is 0. The maximum Gasteiger partial charge on any atom is 0.133 e. The summed E-state index contributed by atoms with van der Waals surface area (Å²) in [5.41, 5.74) is 1.65. The molecule has 1 saturated carbocycles. The smallest absolute Gasteiger partial charge is 0.133 e. The second kappa shape index (κ2) is 3.04. The molecule has 0 bridgehead atoms. The van der Waals surface area contributed by atoms with Gasteiger partial charge in [0.05, 0.1) is 0 Å². The monoisotopic (exact) mass is 164 g/mol. The molecule has 0 amide bonds. The molecule has 0 aromatic carbocycles. The van der Waals surface area contributed by atoms with E-state index in [9.17, 15) is 4.79 Å². The summed E-state index contributed by atoms with van der Waals surface area (Å²) in [5.74, 6) is 1.50. The van der Waals surface area contributed by atoms with Crippen molar-refractivity contribution in [2.75, 3.05) is 0 Å². The first kappa shape index (κ1) is 8.03. The predicted molar refractivity (Wildman–Crippen MR) is 48.8 cm³/mol.